The summed E-state index contributed by atoms with van der Waals surface area (Å²) in [6.07, 6.45) is 0. The van der Waals surface area contributed by atoms with Crippen molar-refractivity contribution in [2.24, 2.45) is 5.92 Å². The van der Waals surface area contributed by atoms with Gasteiger partial charge in [0.1, 0.15) is 11.5 Å². The molecule has 0 spiro atoms. The van der Waals surface area contributed by atoms with Crippen LogP contribution in [0, 0.1) is 5.92 Å². The van der Waals surface area contributed by atoms with E-state index in [0.717, 1.165) is 13.1 Å². The first kappa shape index (κ1) is 14.0. The third-order valence-electron chi connectivity index (χ3n) is 2.96. The molecule has 1 aliphatic rings. The van der Waals surface area contributed by atoms with Crippen molar-refractivity contribution in [3.8, 4) is 5.75 Å². The molecule has 2 N–H and O–H groups in total. The van der Waals surface area contributed by atoms with Crippen molar-refractivity contribution >= 4 is 22.4 Å². The first-order valence-electron chi connectivity index (χ1n) is 6.17. The van der Waals surface area contributed by atoms with Crippen LogP contribution < -0.4 is 15.4 Å². The maximum atomic E-state index is 11.8. The van der Waals surface area contributed by atoms with Crippen LogP contribution in [0.5, 0.6) is 5.75 Å². The van der Waals surface area contributed by atoms with E-state index in [1.165, 1.54) is 0 Å². The van der Waals surface area contributed by atoms with Crippen molar-refractivity contribution in [1.82, 2.24) is 5.32 Å². The van der Waals surface area contributed by atoms with Crippen LogP contribution in [0.1, 0.15) is 0 Å². The Morgan fingerprint density at radius 3 is 2.84 bits per heavy atom. The molecule has 1 heterocycles. The van der Waals surface area contributed by atoms with Crippen molar-refractivity contribution in [3.05, 3.63) is 24.3 Å². The fourth-order valence-corrected chi connectivity index (χ4v) is 3.11. The van der Waals surface area contributed by atoms with Gasteiger partial charge in [-0.25, -0.2) is 0 Å². The van der Waals surface area contributed by atoms with E-state index >= 15 is 0 Å². The molecule has 2 rings (SSSR count). The second-order valence-corrected chi connectivity index (χ2v) is 6.03. The second-order valence-electron chi connectivity index (χ2n) is 4.52. The highest BCUT2D eigenvalue weighted by Gasteiger charge is 2.20. The van der Waals surface area contributed by atoms with Gasteiger partial charge in [0.15, 0.2) is 0 Å². The molecule has 1 fully saturated rings. The zero-order valence-corrected chi connectivity index (χ0v) is 11.7. The van der Waals surface area contributed by atoms with E-state index in [0.29, 0.717) is 23.1 Å². The fourth-order valence-electron chi connectivity index (χ4n) is 1.87. The molecular formula is C13H18N2O3S. The highest BCUT2D eigenvalue weighted by molar-refractivity contribution is 7.85. The average molecular weight is 282 g/mol. The Balaban J connectivity index is 1.84. The molecule has 104 valence electrons. The van der Waals surface area contributed by atoms with Gasteiger partial charge in [0, 0.05) is 29.6 Å². The standard InChI is InChI=1S/C13H18N2O3S/c1-18-12-5-3-2-4-11(12)15-13(16)9-19(17)8-10-6-14-7-10/h2-5,10,14H,6-9H2,1H3,(H,15,16). The number of rotatable bonds is 6. The number of anilines is 1. The Kier molecular flexibility index (Phi) is 4.93. The number of hydrogen-bond donors (Lipinski definition) is 2. The summed E-state index contributed by atoms with van der Waals surface area (Å²) in [4.78, 5) is 11.8. The predicted molar refractivity (Wildman–Crippen MR) is 75.9 cm³/mol. The van der Waals surface area contributed by atoms with Crippen LogP contribution in [0.3, 0.4) is 0 Å². The van der Waals surface area contributed by atoms with Crippen LogP contribution in [-0.2, 0) is 15.6 Å². The summed E-state index contributed by atoms with van der Waals surface area (Å²) in [6, 6.07) is 7.17. The van der Waals surface area contributed by atoms with Crippen LogP contribution in [0.15, 0.2) is 24.3 Å². The summed E-state index contributed by atoms with van der Waals surface area (Å²) in [5, 5.41) is 5.85. The van der Waals surface area contributed by atoms with Crippen molar-refractivity contribution in [2.75, 3.05) is 37.0 Å². The molecular weight excluding hydrogens is 264 g/mol. The lowest BCUT2D eigenvalue weighted by Gasteiger charge is -2.26. The number of hydrogen-bond acceptors (Lipinski definition) is 4. The average Bonchev–Trinajstić information content (AvgIpc) is 2.34. The van der Waals surface area contributed by atoms with Gasteiger partial charge in [-0.15, -0.1) is 0 Å². The molecule has 1 aromatic rings. The van der Waals surface area contributed by atoms with Gasteiger partial charge in [0.2, 0.25) is 5.91 Å². The number of benzene rings is 1. The monoisotopic (exact) mass is 282 g/mol. The first-order chi connectivity index (χ1) is 9.19. The molecule has 1 atom stereocenters. The van der Waals surface area contributed by atoms with Gasteiger partial charge in [-0.05, 0) is 18.1 Å². The molecule has 1 aliphatic heterocycles. The summed E-state index contributed by atoms with van der Waals surface area (Å²) in [6.45, 7) is 1.81. The molecule has 1 unspecified atom stereocenters. The van der Waals surface area contributed by atoms with Crippen LogP contribution >= 0.6 is 0 Å². The first-order valence-corrected chi connectivity index (χ1v) is 7.66. The van der Waals surface area contributed by atoms with Gasteiger partial charge in [-0.3, -0.25) is 9.00 Å². The van der Waals surface area contributed by atoms with Crippen molar-refractivity contribution in [3.63, 3.8) is 0 Å². The van der Waals surface area contributed by atoms with Gasteiger partial charge >= 0.3 is 0 Å². The van der Waals surface area contributed by atoms with Crippen molar-refractivity contribution in [2.45, 2.75) is 0 Å². The molecule has 0 aliphatic carbocycles. The lowest BCUT2D eigenvalue weighted by molar-refractivity contribution is -0.113. The Morgan fingerprint density at radius 2 is 2.21 bits per heavy atom. The van der Waals surface area contributed by atoms with E-state index in [1.807, 2.05) is 12.1 Å². The fraction of sp³-hybridized carbons (Fsp3) is 0.462. The number of nitrogens with one attached hydrogen (secondary N) is 2. The van der Waals surface area contributed by atoms with Crippen LogP contribution in [-0.4, -0.2) is 41.8 Å². The smallest absolute Gasteiger partial charge is 0.237 e. The Hall–Kier alpha value is -1.40. The van der Waals surface area contributed by atoms with Crippen LogP contribution in [0.2, 0.25) is 0 Å². The number of ether oxygens (including phenoxy) is 1. The van der Waals surface area contributed by atoms with Crippen LogP contribution in [0.25, 0.3) is 0 Å². The van der Waals surface area contributed by atoms with Crippen molar-refractivity contribution in [1.29, 1.82) is 0 Å². The van der Waals surface area contributed by atoms with E-state index in [2.05, 4.69) is 10.6 Å². The Labute approximate surface area is 115 Å². The van der Waals surface area contributed by atoms with Crippen LogP contribution in [0.4, 0.5) is 5.69 Å². The summed E-state index contributed by atoms with van der Waals surface area (Å²) in [5.74, 6) is 1.43. The van der Waals surface area contributed by atoms with Gasteiger partial charge in [-0.1, -0.05) is 12.1 Å². The minimum Gasteiger partial charge on any atom is -0.495 e. The maximum Gasteiger partial charge on any atom is 0.237 e. The molecule has 1 amide bonds. The maximum absolute atomic E-state index is 11.8. The molecule has 6 heteroatoms. The molecule has 0 aromatic heterocycles. The van der Waals surface area contributed by atoms with E-state index in [9.17, 15) is 9.00 Å². The molecule has 0 radical (unpaired) electrons. The summed E-state index contributed by atoms with van der Waals surface area (Å²) in [5.41, 5.74) is 0.609. The van der Waals surface area contributed by atoms with Gasteiger partial charge in [0.25, 0.3) is 0 Å². The number of carbonyl (C=O) groups is 1. The Morgan fingerprint density at radius 1 is 1.47 bits per heavy atom. The quantitative estimate of drug-likeness (QED) is 0.802. The van der Waals surface area contributed by atoms with E-state index < -0.39 is 10.8 Å². The van der Waals surface area contributed by atoms with E-state index in [-0.39, 0.29) is 11.7 Å². The molecule has 5 nitrogen and oxygen atoms in total. The third kappa shape index (κ3) is 4.04. The molecule has 19 heavy (non-hydrogen) atoms. The minimum absolute atomic E-state index is 0.0363. The zero-order chi connectivity index (χ0) is 13.7. The van der Waals surface area contributed by atoms with Gasteiger partial charge < -0.3 is 15.4 Å². The zero-order valence-electron chi connectivity index (χ0n) is 10.8. The van der Waals surface area contributed by atoms with E-state index in [1.54, 1.807) is 19.2 Å². The number of carbonyl (C=O) groups excluding carboxylic acids is 1. The summed E-state index contributed by atoms with van der Waals surface area (Å²) in [7, 11) is 0.444. The lowest BCUT2D eigenvalue weighted by Crippen LogP contribution is -2.45. The normalized spacial score (nSPS) is 16.5. The molecule has 0 bridgehead atoms. The molecule has 1 saturated heterocycles. The molecule has 0 saturated carbocycles. The van der Waals surface area contributed by atoms with Gasteiger partial charge in [0.05, 0.1) is 12.8 Å². The largest absolute Gasteiger partial charge is 0.495 e. The summed E-state index contributed by atoms with van der Waals surface area (Å²) < 4.78 is 16.9. The third-order valence-corrected chi connectivity index (χ3v) is 4.39. The lowest BCUT2D eigenvalue weighted by atomic mass is 10.1. The SMILES string of the molecule is COc1ccccc1NC(=O)CS(=O)CC1CNC1. The van der Waals surface area contributed by atoms with Gasteiger partial charge in [-0.2, -0.15) is 0 Å². The number of para-hydroxylation sites is 2. The minimum atomic E-state index is -1.10. The molecule has 1 aromatic carbocycles. The Bertz CT molecular complexity index is 475. The number of methoxy groups -OCH3 is 1. The highest BCUT2D eigenvalue weighted by atomic mass is 32.2. The number of amides is 1. The van der Waals surface area contributed by atoms with Crippen molar-refractivity contribution < 1.29 is 13.7 Å². The highest BCUT2D eigenvalue weighted by Crippen LogP contribution is 2.22. The second kappa shape index (κ2) is 6.68. The van der Waals surface area contributed by atoms with E-state index in [4.69, 9.17) is 4.74 Å². The predicted octanol–water partition coefficient (Wildman–Crippen LogP) is 0.602. The summed E-state index contributed by atoms with van der Waals surface area (Å²) >= 11 is 0. The topological polar surface area (TPSA) is 67.4 Å².